The van der Waals surface area contributed by atoms with Gasteiger partial charge < -0.3 is 15.8 Å². The summed E-state index contributed by atoms with van der Waals surface area (Å²) in [5.74, 6) is -0.226. The predicted molar refractivity (Wildman–Crippen MR) is 112 cm³/mol. The Kier molecular flexibility index (Phi) is 6.55. The topological polar surface area (TPSA) is 79.9 Å². The van der Waals surface area contributed by atoms with Crippen LogP contribution in [0.1, 0.15) is 18.9 Å². The summed E-state index contributed by atoms with van der Waals surface area (Å²) in [5.41, 5.74) is 7.88. The second-order valence-corrected chi connectivity index (χ2v) is 6.78. The van der Waals surface area contributed by atoms with E-state index in [1.165, 1.54) is 0 Å². The first-order valence-corrected chi connectivity index (χ1v) is 9.52. The third-order valence-electron chi connectivity index (χ3n) is 4.17. The smallest absolute Gasteiger partial charge is 0.235 e. The van der Waals surface area contributed by atoms with Crippen molar-refractivity contribution in [3.63, 3.8) is 0 Å². The maximum atomic E-state index is 12.7. The molecule has 0 saturated heterocycles. The first-order valence-electron chi connectivity index (χ1n) is 9.14. The van der Waals surface area contributed by atoms with Crippen LogP contribution in [0, 0.1) is 5.92 Å². The normalized spacial score (nSPS) is 16.2. The van der Waals surface area contributed by atoms with E-state index in [4.69, 9.17) is 22.1 Å². The van der Waals surface area contributed by atoms with Crippen LogP contribution in [0.5, 0.6) is 0 Å². The summed E-state index contributed by atoms with van der Waals surface area (Å²) in [7, 11) is 0. The second kappa shape index (κ2) is 9.28. The van der Waals surface area contributed by atoms with Crippen LogP contribution in [0.2, 0.25) is 5.02 Å². The van der Waals surface area contributed by atoms with Crippen molar-refractivity contribution >= 4 is 29.0 Å². The molecule has 146 valence electrons. The number of para-hydroxylation sites is 1. The third kappa shape index (κ3) is 4.84. The van der Waals surface area contributed by atoms with E-state index in [2.05, 4.69) is 10.4 Å². The van der Waals surface area contributed by atoms with Crippen molar-refractivity contribution in [3.05, 3.63) is 77.1 Å². The molecule has 1 aliphatic heterocycles. The van der Waals surface area contributed by atoms with E-state index < -0.39 is 5.92 Å². The highest BCUT2D eigenvalue weighted by molar-refractivity contribution is 6.30. The quantitative estimate of drug-likeness (QED) is 0.746. The van der Waals surface area contributed by atoms with Crippen LogP contribution in [-0.2, 0) is 16.1 Å². The van der Waals surface area contributed by atoms with E-state index in [-0.39, 0.29) is 11.7 Å². The van der Waals surface area contributed by atoms with Gasteiger partial charge in [0.1, 0.15) is 11.8 Å². The van der Waals surface area contributed by atoms with E-state index in [1.54, 1.807) is 23.2 Å². The Bertz CT molecular complexity index is 866. The average molecular weight is 399 g/mol. The first-order chi connectivity index (χ1) is 13.6. The summed E-state index contributed by atoms with van der Waals surface area (Å²) in [6.45, 7) is 2.91. The summed E-state index contributed by atoms with van der Waals surface area (Å²) in [6.07, 6.45) is 2.55. The molecule has 1 atom stereocenters. The van der Waals surface area contributed by atoms with Gasteiger partial charge in [-0.3, -0.25) is 4.79 Å². The number of halogens is 1. The number of nitrogens with two attached hydrogens (primary N) is 1. The number of ether oxygens (including phenoxy) is 1. The molecule has 0 bridgehead atoms. The lowest BCUT2D eigenvalue weighted by Crippen LogP contribution is -2.42. The lowest BCUT2D eigenvalue weighted by atomic mass is 10.1. The SMILES string of the molecule is CCCOC1=CC(C(=O)NCc2ccc(Cl)cc2)C(N)=NN1c1ccccc1. The molecule has 3 rings (SSSR count). The van der Waals surface area contributed by atoms with Crippen LogP contribution in [0.25, 0.3) is 0 Å². The summed E-state index contributed by atoms with van der Waals surface area (Å²) < 4.78 is 5.83. The van der Waals surface area contributed by atoms with Crippen molar-refractivity contribution in [2.75, 3.05) is 11.6 Å². The van der Waals surface area contributed by atoms with Gasteiger partial charge in [-0.25, -0.2) is 0 Å². The van der Waals surface area contributed by atoms with Crippen molar-refractivity contribution in [1.82, 2.24) is 5.32 Å². The van der Waals surface area contributed by atoms with Crippen molar-refractivity contribution in [2.24, 2.45) is 16.8 Å². The minimum Gasteiger partial charge on any atom is -0.478 e. The molecule has 1 amide bonds. The van der Waals surface area contributed by atoms with Gasteiger partial charge in [0, 0.05) is 11.6 Å². The Labute approximate surface area is 169 Å². The standard InChI is InChI=1S/C21H23ClN4O2/c1-2-12-28-19-13-18(20(23)25-26(19)17-6-4-3-5-7-17)21(27)24-14-15-8-10-16(22)11-9-15/h3-11,13,18H,2,12,14H2,1H3,(H2,23,25)(H,24,27). The molecule has 1 heterocycles. The van der Waals surface area contributed by atoms with Gasteiger partial charge in [-0.05, 0) is 42.3 Å². The Balaban J connectivity index is 1.75. The van der Waals surface area contributed by atoms with Gasteiger partial charge in [0.15, 0.2) is 0 Å². The fourth-order valence-electron chi connectivity index (χ4n) is 2.71. The van der Waals surface area contributed by atoms with Crippen LogP contribution in [0.4, 0.5) is 5.69 Å². The number of nitrogens with zero attached hydrogens (tertiary/aromatic N) is 2. The van der Waals surface area contributed by atoms with Crippen LogP contribution in [0.15, 0.2) is 71.7 Å². The summed E-state index contributed by atoms with van der Waals surface area (Å²) in [4.78, 5) is 12.7. The molecule has 7 heteroatoms. The van der Waals surface area contributed by atoms with E-state index >= 15 is 0 Å². The Morgan fingerprint density at radius 3 is 2.61 bits per heavy atom. The summed E-state index contributed by atoms with van der Waals surface area (Å²) in [6, 6.07) is 16.8. The fraction of sp³-hybridized carbons (Fsp3) is 0.238. The summed E-state index contributed by atoms with van der Waals surface area (Å²) >= 11 is 5.89. The van der Waals surface area contributed by atoms with E-state index in [9.17, 15) is 4.79 Å². The molecule has 2 aromatic carbocycles. The lowest BCUT2D eigenvalue weighted by Gasteiger charge is -2.28. The van der Waals surface area contributed by atoms with Crippen LogP contribution < -0.4 is 16.1 Å². The van der Waals surface area contributed by atoms with Crippen LogP contribution >= 0.6 is 11.6 Å². The van der Waals surface area contributed by atoms with Gasteiger partial charge in [0.2, 0.25) is 11.8 Å². The minimum absolute atomic E-state index is 0.210. The van der Waals surface area contributed by atoms with E-state index in [0.29, 0.717) is 24.1 Å². The maximum Gasteiger partial charge on any atom is 0.235 e. The number of nitrogens with one attached hydrogen (secondary N) is 1. The maximum absolute atomic E-state index is 12.7. The molecule has 2 aromatic rings. The lowest BCUT2D eigenvalue weighted by molar-refractivity contribution is -0.122. The van der Waals surface area contributed by atoms with Gasteiger partial charge in [-0.15, -0.1) is 0 Å². The third-order valence-corrected chi connectivity index (χ3v) is 4.42. The molecular formula is C21H23ClN4O2. The molecule has 0 spiro atoms. The van der Waals surface area contributed by atoms with Crippen molar-refractivity contribution in [3.8, 4) is 0 Å². The van der Waals surface area contributed by atoms with Crippen molar-refractivity contribution < 1.29 is 9.53 Å². The van der Waals surface area contributed by atoms with Crippen molar-refractivity contribution in [2.45, 2.75) is 19.9 Å². The highest BCUT2D eigenvalue weighted by Gasteiger charge is 2.29. The zero-order chi connectivity index (χ0) is 19.9. The average Bonchev–Trinajstić information content (AvgIpc) is 2.72. The monoisotopic (exact) mass is 398 g/mol. The van der Waals surface area contributed by atoms with Gasteiger partial charge in [-0.1, -0.05) is 48.9 Å². The first kappa shape index (κ1) is 19.8. The number of hydrogen-bond acceptors (Lipinski definition) is 5. The minimum atomic E-state index is -0.695. The van der Waals surface area contributed by atoms with Crippen LogP contribution in [-0.4, -0.2) is 18.3 Å². The predicted octanol–water partition coefficient (Wildman–Crippen LogP) is 3.63. The Hall–Kier alpha value is -2.99. The number of carbonyl (C=O) groups is 1. The number of amides is 1. The molecule has 0 aliphatic carbocycles. The number of rotatable bonds is 7. The zero-order valence-corrected chi connectivity index (χ0v) is 16.4. The molecule has 0 fully saturated rings. The highest BCUT2D eigenvalue weighted by Crippen LogP contribution is 2.25. The molecule has 3 N–H and O–H groups in total. The number of anilines is 1. The van der Waals surface area contributed by atoms with Gasteiger partial charge in [0.25, 0.3) is 0 Å². The highest BCUT2D eigenvalue weighted by atomic mass is 35.5. The van der Waals surface area contributed by atoms with Crippen LogP contribution in [0.3, 0.4) is 0 Å². The molecule has 6 nitrogen and oxygen atoms in total. The molecular weight excluding hydrogens is 376 g/mol. The number of hydrazone groups is 1. The largest absolute Gasteiger partial charge is 0.478 e. The van der Waals surface area contributed by atoms with Crippen molar-refractivity contribution in [1.29, 1.82) is 0 Å². The van der Waals surface area contributed by atoms with Gasteiger partial charge in [-0.2, -0.15) is 10.1 Å². The molecule has 0 saturated carbocycles. The molecule has 28 heavy (non-hydrogen) atoms. The number of amidine groups is 1. The zero-order valence-electron chi connectivity index (χ0n) is 15.6. The van der Waals surface area contributed by atoms with E-state index in [0.717, 1.165) is 17.7 Å². The summed E-state index contributed by atoms with van der Waals surface area (Å²) in [5, 5.41) is 9.57. The number of hydrogen-bond donors (Lipinski definition) is 2. The molecule has 0 radical (unpaired) electrons. The molecule has 1 unspecified atom stereocenters. The molecule has 1 aliphatic rings. The number of benzene rings is 2. The second-order valence-electron chi connectivity index (χ2n) is 6.35. The van der Waals surface area contributed by atoms with E-state index in [1.807, 2.05) is 49.4 Å². The Morgan fingerprint density at radius 2 is 1.93 bits per heavy atom. The van der Waals surface area contributed by atoms with Gasteiger partial charge >= 0.3 is 0 Å². The Morgan fingerprint density at radius 1 is 1.21 bits per heavy atom. The van der Waals surface area contributed by atoms with Gasteiger partial charge in [0.05, 0.1) is 12.3 Å². The molecule has 0 aromatic heterocycles. The fourth-order valence-corrected chi connectivity index (χ4v) is 2.83. The number of carbonyl (C=O) groups excluding carboxylic acids is 1.